The quantitative estimate of drug-likeness (QED) is 0.404. The number of fused-ring (bicyclic) bond motifs is 1. The Morgan fingerprint density at radius 3 is 2.22 bits per heavy atom. The molecule has 7 nitrogen and oxygen atoms in total. The van der Waals surface area contributed by atoms with Crippen LogP contribution in [0.1, 0.15) is 38.8 Å². The van der Waals surface area contributed by atoms with Gasteiger partial charge in [0.1, 0.15) is 5.69 Å². The third kappa shape index (κ3) is 3.96. The number of aromatic hydroxyl groups is 1. The summed E-state index contributed by atoms with van der Waals surface area (Å²) in [4.78, 5) is 15.7. The zero-order valence-corrected chi connectivity index (χ0v) is 20.9. The van der Waals surface area contributed by atoms with E-state index in [4.69, 9.17) is 14.6 Å². The summed E-state index contributed by atoms with van der Waals surface area (Å²) in [7, 11) is 4.81. The van der Waals surface area contributed by atoms with Crippen LogP contribution < -0.4 is 9.47 Å². The molecule has 1 N–H and O–H groups in total. The van der Waals surface area contributed by atoms with Gasteiger partial charge >= 0.3 is 0 Å². The number of aryl methyl sites for hydroxylation is 2. The van der Waals surface area contributed by atoms with Crippen molar-refractivity contribution in [1.29, 1.82) is 0 Å². The van der Waals surface area contributed by atoms with Gasteiger partial charge < -0.3 is 19.5 Å². The number of phenolic OH excluding ortho intramolecular Hbond substituents is 1. The number of benzene rings is 3. The second-order valence-electron chi connectivity index (χ2n) is 9.01. The minimum atomic E-state index is -0.426. The molecule has 5 rings (SSSR count). The second kappa shape index (κ2) is 9.41. The molecule has 0 bridgehead atoms. The summed E-state index contributed by atoms with van der Waals surface area (Å²) in [5, 5.41) is 15.3. The molecule has 1 atom stereocenters. The summed E-state index contributed by atoms with van der Waals surface area (Å²) < 4.78 is 12.6. The van der Waals surface area contributed by atoms with Gasteiger partial charge in [-0.2, -0.15) is 5.10 Å². The normalized spacial score (nSPS) is 14.7. The third-order valence-corrected chi connectivity index (χ3v) is 6.76. The van der Waals surface area contributed by atoms with Crippen LogP contribution in [0.25, 0.3) is 11.3 Å². The van der Waals surface area contributed by atoms with Crippen molar-refractivity contribution in [2.45, 2.75) is 19.4 Å². The van der Waals surface area contributed by atoms with Crippen molar-refractivity contribution in [3.05, 3.63) is 94.7 Å². The van der Waals surface area contributed by atoms with Crippen molar-refractivity contribution in [3.63, 3.8) is 0 Å². The lowest BCUT2D eigenvalue weighted by Gasteiger charge is -2.27. The summed E-state index contributed by atoms with van der Waals surface area (Å²) in [6.45, 7) is 2.56. The predicted molar refractivity (Wildman–Crippen MR) is 138 cm³/mol. The van der Waals surface area contributed by atoms with E-state index in [-0.39, 0.29) is 23.2 Å². The Hall–Kier alpha value is -4.26. The van der Waals surface area contributed by atoms with Gasteiger partial charge in [-0.1, -0.05) is 60.2 Å². The Kier molecular flexibility index (Phi) is 6.14. The van der Waals surface area contributed by atoms with Crippen molar-refractivity contribution in [2.75, 3.05) is 20.8 Å². The molecule has 0 radical (unpaired) electrons. The van der Waals surface area contributed by atoms with Crippen molar-refractivity contribution in [3.8, 4) is 28.5 Å². The Balaban J connectivity index is 1.68. The highest BCUT2D eigenvalue weighted by Gasteiger charge is 2.43. The molecule has 7 heteroatoms. The first-order valence-corrected chi connectivity index (χ1v) is 11.9. The van der Waals surface area contributed by atoms with Crippen molar-refractivity contribution in [2.24, 2.45) is 7.05 Å². The molecule has 2 heterocycles. The smallest absolute Gasteiger partial charge is 0.273 e. The van der Waals surface area contributed by atoms with Crippen molar-refractivity contribution < 1.29 is 19.4 Å². The van der Waals surface area contributed by atoms with Crippen molar-refractivity contribution >= 4 is 5.91 Å². The highest BCUT2D eigenvalue weighted by molar-refractivity contribution is 6.00. The molecule has 0 spiro atoms. The van der Waals surface area contributed by atoms with Crippen LogP contribution in [-0.2, 0) is 13.5 Å². The number of amides is 1. The first kappa shape index (κ1) is 23.5. The lowest BCUT2D eigenvalue weighted by atomic mass is 9.95. The molecule has 3 aromatic carbocycles. The SMILES string of the molecule is COc1cc([C@H]2c3c(-c4ccc(C)cc4)nn(C)c3C(=O)N2CCc2ccccc2)cc(OC)c1O. The van der Waals surface area contributed by atoms with Gasteiger partial charge in [0.2, 0.25) is 5.75 Å². The summed E-state index contributed by atoms with van der Waals surface area (Å²) in [5.74, 6) is 0.419. The van der Waals surface area contributed by atoms with E-state index in [0.717, 1.165) is 33.5 Å². The molecule has 1 aliphatic rings. The number of hydrogen-bond acceptors (Lipinski definition) is 5. The fourth-order valence-corrected chi connectivity index (χ4v) is 4.93. The number of methoxy groups -OCH3 is 2. The van der Waals surface area contributed by atoms with Gasteiger partial charge in [-0.3, -0.25) is 9.48 Å². The third-order valence-electron chi connectivity index (χ3n) is 6.76. The van der Waals surface area contributed by atoms with Gasteiger partial charge in [0.15, 0.2) is 11.5 Å². The van der Waals surface area contributed by atoms with E-state index in [1.165, 1.54) is 14.2 Å². The Morgan fingerprint density at radius 1 is 0.972 bits per heavy atom. The van der Waals surface area contributed by atoms with Crippen LogP contribution in [0.5, 0.6) is 17.2 Å². The lowest BCUT2D eigenvalue weighted by molar-refractivity contribution is 0.0741. The topological polar surface area (TPSA) is 76.8 Å². The molecule has 1 aliphatic heterocycles. The zero-order valence-electron chi connectivity index (χ0n) is 20.9. The van der Waals surface area contributed by atoms with Gasteiger partial charge in [-0.05, 0) is 36.6 Å². The van der Waals surface area contributed by atoms with Gasteiger partial charge in [0.25, 0.3) is 5.91 Å². The van der Waals surface area contributed by atoms with Crippen LogP contribution in [-0.4, -0.2) is 46.5 Å². The molecule has 36 heavy (non-hydrogen) atoms. The minimum Gasteiger partial charge on any atom is -0.502 e. The number of rotatable bonds is 7. The number of hydrogen-bond donors (Lipinski definition) is 1. The zero-order chi connectivity index (χ0) is 25.4. The van der Waals surface area contributed by atoms with Gasteiger partial charge in [0.05, 0.1) is 26.0 Å². The fourth-order valence-electron chi connectivity index (χ4n) is 4.93. The Bertz CT molecular complexity index is 1390. The lowest BCUT2D eigenvalue weighted by Crippen LogP contribution is -2.32. The van der Waals surface area contributed by atoms with Crippen molar-refractivity contribution in [1.82, 2.24) is 14.7 Å². The fraction of sp³-hybridized carbons (Fsp3) is 0.241. The summed E-state index contributed by atoms with van der Waals surface area (Å²) in [5.41, 5.74) is 6.19. The molecule has 0 unspecified atom stereocenters. The van der Waals surface area contributed by atoms with Crippen LogP contribution in [0.2, 0.25) is 0 Å². The average molecular weight is 484 g/mol. The van der Waals surface area contributed by atoms with E-state index in [1.807, 2.05) is 61.3 Å². The molecule has 0 saturated carbocycles. The van der Waals surface area contributed by atoms with E-state index < -0.39 is 6.04 Å². The minimum absolute atomic E-state index is 0.0749. The molecule has 0 aliphatic carbocycles. The molecule has 1 aromatic heterocycles. The van der Waals surface area contributed by atoms with Crippen LogP contribution in [0.15, 0.2) is 66.7 Å². The number of carbonyl (C=O) groups excluding carboxylic acids is 1. The predicted octanol–water partition coefficient (Wildman–Crippen LogP) is 4.91. The van der Waals surface area contributed by atoms with E-state index in [9.17, 15) is 9.90 Å². The number of ether oxygens (including phenoxy) is 2. The summed E-state index contributed by atoms with van der Waals surface area (Å²) in [6, 6.07) is 21.4. The molecule has 1 amide bonds. The highest BCUT2D eigenvalue weighted by Crippen LogP contribution is 2.47. The number of nitrogens with zero attached hydrogens (tertiary/aromatic N) is 3. The Morgan fingerprint density at radius 2 is 1.61 bits per heavy atom. The monoisotopic (exact) mass is 483 g/mol. The van der Waals surface area contributed by atoms with Gasteiger partial charge in [-0.15, -0.1) is 0 Å². The highest BCUT2D eigenvalue weighted by atomic mass is 16.5. The maximum atomic E-state index is 13.9. The molecule has 184 valence electrons. The van der Waals surface area contributed by atoms with E-state index >= 15 is 0 Å². The molecular formula is C29H29N3O4. The van der Waals surface area contributed by atoms with Crippen LogP contribution in [0.4, 0.5) is 0 Å². The summed E-state index contributed by atoms with van der Waals surface area (Å²) >= 11 is 0. The molecule has 0 fully saturated rings. The largest absolute Gasteiger partial charge is 0.502 e. The van der Waals surface area contributed by atoms with E-state index in [1.54, 1.807) is 16.8 Å². The standard InChI is InChI=1S/C29H29N3O4/c1-18-10-12-20(13-11-18)25-24-26(21-16-22(35-3)28(33)23(17-21)36-4)32(29(34)27(24)31(2)30-25)15-14-19-8-6-5-7-9-19/h5-13,16-17,26,33H,14-15H2,1-4H3/t26-/m0/s1. The maximum Gasteiger partial charge on any atom is 0.273 e. The first-order valence-electron chi connectivity index (χ1n) is 11.9. The number of phenols is 1. The van der Waals surface area contributed by atoms with Crippen LogP contribution in [0, 0.1) is 6.92 Å². The van der Waals surface area contributed by atoms with Gasteiger partial charge in [0, 0.05) is 24.7 Å². The molecular weight excluding hydrogens is 454 g/mol. The van der Waals surface area contributed by atoms with Gasteiger partial charge in [-0.25, -0.2) is 0 Å². The van der Waals surface area contributed by atoms with E-state index in [2.05, 4.69) is 12.1 Å². The van der Waals surface area contributed by atoms with Crippen LogP contribution in [0.3, 0.4) is 0 Å². The van der Waals surface area contributed by atoms with E-state index in [0.29, 0.717) is 18.7 Å². The first-order chi connectivity index (χ1) is 17.4. The average Bonchev–Trinajstić information content (AvgIpc) is 3.38. The Labute approximate surface area is 210 Å². The van der Waals surface area contributed by atoms with Crippen LogP contribution >= 0.6 is 0 Å². The number of carbonyl (C=O) groups is 1. The molecule has 4 aromatic rings. The maximum absolute atomic E-state index is 13.9. The second-order valence-corrected chi connectivity index (χ2v) is 9.01. The summed E-state index contributed by atoms with van der Waals surface area (Å²) in [6.07, 6.45) is 0.705. The number of aromatic nitrogens is 2. The molecule has 0 saturated heterocycles.